The number of rotatable bonds is 13. The molecule has 664 valence electrons. The fourth-order valence-corrected chi connectivity index (χ4v) is 25.9. The molecule has 2 heterocycles. The Morgan fingerprint density at radius 3 is 0.859 bits per heavy atom. The number of hydrogen-bond acceptors (Lipinski definition) is 4. The van der Waals surface area contributed by atoms with E-state index < -0.39 is 21.7 Å². The van der Waals surface area contributed by atoms with Gasteiger partial charge in [0.15, 0.2) is 0 Å². The fraction of sp³-hybridized carbons (Fsp3) is 0.0290. The highest BCUT2D eigenvalue weighted by molar-refractivity contribution is 6.07. The Labute approximate surface area is 827 Å². The van der Waals surface area contributed by atoms with Gasteiger partial charge < -0.3 is 19.6 Å². The molecule has 0 radical (unpaired) electrons. The van der Waals surface area contributed by atoms with Gasteiger partial charge in [-0.3, -0.25) is 0 Å². The lowest BCUT2D eigenvalue weighted by molar-refractivity contribution is 0.752. The summed E-state index contributed by atoms with van der Waals surface area (Å²) in [5.74, 6) is 0. The predicted molar refractivity (Wildman–Crippen MR) is 588 cm³/mol. The molecule has 23 aromatic rings. The third-order valence-electron chi connectivity index (χ3n) is 31.4. The molecular formula is C138H92N4. The minimum atomic E-state index is -0.611. The first-order valence-electron chi connectivity index (χ1n) is 49.4. The highest BCUT2D eigenvalue weighted by Gasteiger charge is 2.56. The van der Waals surface area contributed by atoms with Gasteiger partial charge in [-0.1, -0.05) is 449 Å². The molecule has 0 amide bonds. The van der Waals surface area contributed by atoms with Crippen LogP contribution in [0, 0.1) is 0 Å². The zero-order valence-corrected chi connectivity index (χ0v) is 77.9. The number of fused-ring (bicyclic) bond motifs is 26. The molecule has 4 aliphatic carbocycles. The van der Waals surface area contributed by atoms with E-state index in [9.17, 15) is 0 Å². The third kappa shape index (κ3) is 11.9. The normalized spacial score (nSPS) is 14.0. The van der Waals surface area contributed by atoms with Gasteiger partial charge in [0.05, 0.1) is 55.8 Å². The molecule has 23 aromatic carbocycles. The molecule has 0 aromatic heterocycles. The number of benzene rings is 23. The van der Waals surface area contributed by atoms with E-state index in [1.165, 1.54) is 189 Å². The maximum absolute atomic E-state index is 2.54. The van der Waals surface area contributed by atoms with Crippen molar-refractivity contribution in [3.63, 3.8) is 0 Å². The van der Waals surface area contributed by atoms with Crippen molar-refractivity contribution >= 4 is 89.8 Å². The fourth-order valence-electron chi connectivity index (χ4n) is 25.9. The molecule has 0 saturated carbocycles. The Kier molecular flexibility index (Phi) is 18.9. The summed E-state index contributed by atoms with van der Waals surface area (Å²) in [5, 5.41) is 4.90. The Hall–Kier alpha value is -18.2. The van der Waals surface area contributed by atoms with Gasteiger partial charge in [0.25, 0.3) is 0 Å². The van der Waals surface area contributed by atoms with Gasteiger partial charge in [0.2, 0.25) is 0 Å². The van der Waals surface area contributed by atoms with Crippen molar-refractivity contribution in [2.45, 2.75) is 21.7 Å². The quantitative estimate of drug-likeness (QED) is 0.114. The standard InChI is InChI=1S/C72H48N2.C66H44N2/c1-4-24-51(25-5-1)71(52-26-6-2-7-27-52)61-34-14-12-31-58(61)59-47-46-55(48-66(59)71)73(54-44-42-50(43-45-54)57-33-20-23-49-22-10-11-30-56(49)57)69-41-21-38-65-70(69)60-32-13-15-35-62(60)72(65)63-36-16-18-39-67(63)74(53-28-8-3-9-29-53)68-40-19-17-37-64(68)72;1-4-23-47(24-5-1)65(48-25-6-2-7-26-48)55-31-14-12-29-52(55)53-42-41-51(44-60(53)65)67(50-40-39-45-21-10-11-22-46(45)43-50)63-38-20-35-59-64(63)54-30-13-15-32-56(54)66(59)57-33-16-18-36-61(57)68(49-27-8-3-9-28-49)62-37-19-17-34-58(62)66/h1-48H;1-44H. The van der Waals surface area contributed by atoms with Crippen LogP contribution < -0.4 is 19.6 Å². The van der Waals surface area contributed by atoms with Crippen molar-refractivity contribution < 1.29 is 0 Å². The summed E-state index contributed by atoms with van der Waals surface area (Å²) in [6.07, 6.45) is 0. The van der Waals surface area contributed by atoms with Crippen LogP contribution in [0.15, 0.2) is 558 Å². The summed E-state index contributed by atoms with van der Waals surface area (Å²) < 4.78 is 0. The second-order valence-electron chi connectivity index (χ2n) is 38.2. The predicted octanol–water partition coefficient (Wildman–Crippen LogP) is 35.3. The summed E-state index contributed by atoms with van der Waals surface area (Å²) in [4.78, 5) is 10.00. The van der Waals surface area contributed by atoms with Crippen LogP contribution in [-0.2, 0) is 21.7 Å². The summed E-state index contributed by atoms with van der Waals surface area (Å²) >= 11 is 0. The number of anilines is 12. The molecule has 2 spiro atoms. The lowest BCUT2D eigenvalue weighted by Gasteiger charge is -2.45. The van der Waals surface area contributed by atoms with Crippen LogP contribution in [0.4, 0.5) is 68.2 Å². The van der Waals surface area contributed by atoms with Gasteiger partial charge in [-0.25, -0.2) is 0 Å². The third-order valence-corrected chi connectivity index (χ3v) is 31.4. The lowest BCUT2D eigenvalue weighted by Crippen LogP contribution is -2.36. The average Bonchev–Trinajstić information content (AvgIpc) is 1.49. The highest BCUT2D eigenvalue weighted by atomic mass is 15.2. The first kappa shape index (κ1) is 82.1. The lowest BCUT2D eigenvalue weighted by atomic mass is 9.64. The Balaban J connectivity index is 0.000000139. The SMILES string of the molecule is c1ccc(N2c3ccccc3C3(c4ccccc4-c4c(N(c5ccc(-c6cccc7ccccc67)cc5)c5ccc6c(c5)C(c5ccccc5)(c5ccccc5)c5ccccc5-6)cccc43)c3ccccc32)cc1.c1ccc(N2c3ccccc3C3(c4ccccc4-c4c(N(c5ccc6c(c5)C(c5ccccc5)(c5ccccc5)c5ccccc5-6)c5ccc6ccccc6c5)cccc43)c3ccccc32)cc1. The zero-order valence-electron chi connectivity index (χ0n) is 77.9. The van der Waals surface area contributed by atoms with Crippen LogP contribution >= 0.6 is 0 Å². The molecule has 29 rings (SSSR count). The van der Waals surface area contributed by atoms with Crippen LogP contribution in [0.5, 0.6) is 0 Å². The summed E-state index contributed by atoms with van der Waals surface area (Å²) in [5.41, 5.74) is 44.2. The minimum absolute atomic E-state index is 0.547. The van der Waals surface area contributed by atoms with Crippen molar-refractivity contribution in [3.8, 4) is 55.6 Å². The van der Waals surface area contributed by atoms with E-state index in [4.69, 9.17) is 0 Å². The van der Waals surface area contributed by atoms with Crippen LogP contribution in [-0.4, -0.2) is 0 Å². The van der Waals surface area contributed by atoms with E-state index in [0.29, 0.717) is 0 Å². The van der Waals surface area contributed by atoms with Crippen molar-refractivity contribution in [1.82, 2.24) is 0 Å². The monoisotopic (exact) mass is 1800 g/mol. The van der Waals surface area contributed by atoms with Crippen LogP contribution in [0.1, 0.15) is 89.0 Å². The second-order valence-corrected chi connectivity index (χ2v) is 38.2. The topological polar surface area (TPSA) is 13.0 Å². The van der Waals surface area contributed by atoms with Gasteiger partial charge >= 0.3 is 0 Å². The highest BCUT2D eigenvalue weighted by Crippen LogP contribution is 2.70. The first-order valence-corrected chi connectivity index (χ1v) is 49.4. The molecule has 0 fully saturated rings. The van der Waals surface area contributed by atoms with Gasteiger partial charge in [0.1, 0.15) is 0 Å². The van der Waals surface area contributed by atoms with Crippen molar-refractivity contribution in [2.24, 2.45) is 0 Å². The van der Waals surface area contributed by atoms with Gasteiger partial charge in [-0.2, -0.15) is 0 Å². The Morgan fingerprint density at radius 2 is 0.437 bits per heavy atom. The second kappa shape index (κ2) is 32.8. The molecule has 0 atom stereocenters. The summed E-state index contributed by atoms with van der Waals surface area (Å²) in [7, 11) is 0. The molecule has 6 aliphatic rings. The largest absolute Gasteiger partial charge is 0.310 e. The summed E-state index contributed by atoms with van der Waals surface area (Å²) in [6, 6.07) is 208. The molecule has 4 nitrogen and oxygen atoms in total. The Bertz CT molecular complexity index is 8760. The molecular weight excluding hydrogens is 1710 g/mol. The first-order chi connectivity index (χ1) is 70.5. The molecule has 0 unspecified atom stereocenters. The van der Waals surface area contributed by atoms with E-state index in [1.54, 1.807) is 0 Å². The molecule has 0 bridgehead atoms. The van der Waals surface area contributed by atoms with Crippen molar-refractivity contribution in [2.75, 3.05) is 19.6 Å². The average molecular weight is 1810 g/mol. The number of nitrogens with zero attached hydrogens (tertiary/aromatic N) is 4. The summed E-state index contributed by atoms with van der Waals surface area (Å²) in [6.45, 7) is 0. The number of para-hydroxylation sites is 6. The Morgan fingerprint density at radius 1 is 0.155 bits per heavy atom. The maximum Gasteiger partial charge on any atom is 0.0755 e. The molecule has 0 saturated heterocycles. The maximum atomic E-state index is 2.54. The molecule has 142 heavy (non-hydrogen) atoms. The van der Waals surface area contributed by atoms with Gasteiger partial charge in [-0.15, -0.1) is 0 Å². The van der Waals surface area contributed by atoms with E-state index in [-0.39, 0.29) is 0 Å². The molecule has 4 heteroatoms. The van der Waals surface area contributed by atoms with E-state index in [2.05, 4.69) is 578 Å². The number of hydrogen-bond donors (Lipinski definition) is 0. The molecule has 2 aliphatic heterocycles. The van der Waals surface area contributed by atoms with Gasteiger partial charge in [-0.05, 0) is 264 Å². The van der Waals surface area contributed by atoms with Crippen LogP contribution in [0.2, 0.25) is 0 Å². The smallest absolute Gasteiger partial charge is 0.0755 e. The minimum Gasteiger partial charge on any atom is -0.310 e. The zero-order chi connectivity index (χ0) is 93.6. The van der Waals surface area contributed by atoms with Crippen LogP contribution in [0.25, 0.3) is 77.2 Å². The van der Waals surface area contributed by atoms with E-state index >= 15 is 0 Å². The molecule has 0 N–H and O–H groups in total. The van der Waals surface area contributed by atoms with Gasteiger partial charge in [0, 0.05) is 45.3 Å². The van der Waals surface area contributed by atoms with Crippen molar-refractivity contribution in [3.05, 3.63) is 647 Å². The van der Waals surface area contributed by atoms with Crippen molar-refractivity contribution in [1.29, 1.82) is 0 Å². The van der Waals surface area contributed by atoms with Crippen LogP contribution in [0.3, 0.4) is 0 Å². The van der Waals surface area contributed by atoms with E-state index in [0.717, 1.165) is 45.5 Å². The van der Waals surface area contributed by atoms with E-state index in [1.807, 2.05) is 0 Å².